The van der Waals surface area contributed by atoms with Crippen LogP contribution in [-0.2, 0) is 66.5 Å². The third kappa shape index (κ3) is 12.5. The van der Waals surface area contributed by atoms with Crippen molar-refractivity contribution in [2.24, 2.45) is 21.7 Å². The molecule has 2 rings (SSSR count). The van der Waals surface area contributed by atoms with Gasteiger partial charge in [-0.25, -0.2) is 0 Å². The molecule has 2 saturated heterocycles. The highest BCUT2D eigenvalue weighted by atomic mass is 16.8. The van der Waals surface area contributed by atoms with E-state index in [9.17, 15) is 29.4 Å². The van der Waals surface area contributed by atoms with Crippen LogP contribution in [0.4, 0.5) is 0 Å². The molecule has 0 radical (unpaired) electrons. The van der Waals surface area contributed by atoms with Crippen LogP contribution in [-0.4, -0.2) is 129 Å². The molecule has 308 valence electrons. The molecule has 2 aliphatic rings. The average Bonchev–Trinajstić information content (AvgIpc) is 3.33. The molecule has 9 atom stereocenters. The molecule has 2 fully saturated rings. The highest BCUT2D eigenvalue weighted by Gasteiger charge is 2.58. The summed E-state index contributed by atoms with van der Waals surface area (Å²) in [5, 5.41) is 21.5. The normalized spacial score (nSPS) is 27.9. The van der Waals surface area contributed by atoms with Gasteiger partial charge in [0.25, 0.3) is 0 Å². The van der Waals surface area contributed by atoms with E-state index in [4.69, 9.17) is 47.4 Å². The Bertz CT molecular complexity index is 1250. The first-order chi connectivity index (χ1) is 24.0. The minimum atomic E-state index is -1.73. The lowest BCUT2D eigenvalue weighted by Gasteiger charge is -2.47. The van der Waals surface area contributed by atoms with Gasteiger partial charge in [-0.2, -0.15) is 0 Å². The van der Waals surface area contributed by atoms with Crippen molar-refractivity contribution in [1.82, 2.24) is 0 Å². The third-order valence-electron chi connectivity index (χ3n) is 8.23. The van der Waals surface area contributed by atoms with Gasteiger partial charge in [-0.15, -0.1) is 0 Å². The second-order valence-corrected chi connectivity index (χ2v) is 18.0. The van der Waals surface area contributed by atoms with Crippen molar-refractivity contribution in [1.29, 1.82) is 0 Å². The molecule has 16 heteroatoms. The first-order valence-corrected chi connectivity index (χ1v) is 17.8. The van der Waals surface area contributed by atoms with Gasteiger partial charge in [0, 0.05) is 14.2 Å². The number of rotatable bonds is 13. The van der Waals surface area contributed by atoms with E-state index in [1.165, 1.54) is 14.2 Å². The maximum atomic E-state index is 13.6. The maximum absolute atomic E-state index is 13.6. The molecule has 0 bridgehead atoms. The number of ether oxygens (including phenoxy) is 10. The van der Waals surface area contributed by atoms with Crippen LogP contribution >= 0.6 is 0 Å². The van der Waals surface area contributed by atoms with E-state index in [1.807, 2.05) is 0 Å². The lowest BCUT2D eigenvalue weighted by atomic mass is 9.92. The van der Waals surface area contributed by atoms with E-state index in [0.29, 0.717) is 0 Å². The zero-order chi connectivity index (χ0) is 41.1. The Labute approximate surface area is 313 Å². The van der Waals surface area contributed by atoms with Crippen LogP contribution in [0.2, 0.25) is 0 Å². The maximum Gasteiger partial charge on any atom is 0.311 e. The number of methoxy groups -OCH3 is 2. The summed E-state index contributed by atoms with van der Waals surface area (Å²) in [6.45, 7) is 21.3. The van der Waals surface area contributed by atoms with Gasteiger partial charge >= 0.3 is 23.9 Å². The van der Waals surface area contributed by atoms with E-state index < -0.39 is 126 Å². The molecular formula is C37H64O16. The highest BCUT2D eigenvalue weighted by Crippen LogP contribution is 2.39. The predicted molar refractivity (Wildman–Crippen MR) is 187 cm³/mol. The number of hydrogen-bond donors (Lipinski definition) is 2. The van der Waals surface area contributed by atoms with Crippen molar-refractivity contribution >= 4 is 23.9 Å². The lowest BCUT2D eigenvalue weighted by Crippen LogP contribution is -2.65. The summed E-state index contributed by atoms with van der Waals surface area (Å²) in [5.41, 5.74) is -4.21. The standard InChI is InChI=1S/C37H64O16/c1-33(2,3)29(40)46-18-20-22(49-30(41)34(4,5)6)23(50-31(42)35(7,8)9)25(51-32(43)36(10,11)12)28(47-20)48-21(19(39)17-38)24-26(27(44-15)45-16)53-37(13,14)52-24/h19-28,38-39H,17-18H2,1-16H3/t19-,20-,21-,22-,23+,24+,25-,26-,28+/m1/s1. The fourth-order valence-electron chi connectivity index (χ4n) is 5.09. The van der Waals surface area contributed by atoms with Gasteiger partial charge in [0.1, 0.15) is 37.1 Å². The summed E-state index contributed by atoms with van der Waals surface area (Å²) in [6, 6.07) is 0. The van der Waals surface area contributed by atoms with Crippen LogP contribution < -0.4 is 0 Å². The molecule has 2 N–H and O–H groups in total. The number of carbonyl (C=O) groups is 4. The SMILES string of the molecule is COC(OC)[C@@H]1OC(C)(C)O[C@H]1[C@H](O[C@@H]1O[C@H](COC(=O)C(C)(C)C)[C@@H](OC(=O)C(C)(C)C)[C@H](OC(=O)C(C)(C)C)[C@H]1OC(=O)C(C)(C)C)[C@H](O)CO. The Hall–Kier alpha value is -2.44. The molecule has 0 aromatic heterocycles. The van der Waals surface area contributed by atoms with E-state index in [1.54, 1.807) is 96.9 Å². The van der Waals surface area contributed by atoms with Crippen LogP contribution in [0.25, 0.3) is 0 Å². The molecule has 0 aromatic carbocycles. The molecule has 0 amide bonds. The monoisotopic (exact) mass is 764 g/mol. The Balaban J connectivity index is 2.87. The minimum absolute atomic E-state index is 0.525. The molecule has 0 saturated carbocycles. The molecule has 16 nitrogen and oxygen atoms in total. The van der Waals surface area contributed by atoms with Crippen LogP contribution in [0.15, 0.2) is 0 Å². The molecule has 0 aromatic rings. The van der Waals surface area contributed by atoms with Crippen LogP contribution in [0, 0.1) is 21.7 Å². The number of hydrogen-bond acceptors (Lipinski definition) is 16. The number of aliphatic hydroxyl groups excluding tert-OH is 2. The predicted octanol–water partition coefficient (Wildman–Crippen LogP) is 3.05. The second-order valence-electron chi connectivity index (χ2n) is 18.0. The summed E-state index contributed by atoms with van der Waals surface area (Å²) in [6.07, 6.45) is -14.4. The second kappa shape index (κ2) is 17.6. The Morgan fingerprint density at radius 2 is 1.08 bits per heavy atom. The smallest absolute Gasteiger partial charge is 0.311 e. The van der Waals surface area contributed by atoms with Crippen molar-refractivity contribution in [3.63, 3.8) is 0 Å². The zero-order valence-electron chi connectivity index (χ0n) is 34.3. The Kier molecular flexibility index (Phi) is 15.5. The first-order valence-electron chi connectivity index (χ1n) is 17.8. The summed E-state index contributed by atoms with van der Waals surface area (Å²) in [7, 11) is 2.75. The van der Waals surface area contributed by atoms with E-state index in [-0.39, 0.29) is 0 Å². The molecule has 0 aliphatic carbocycles. The van der Waals surface area contributed by atoms with E-state index in [2.05, 4.69) is 0 Å². The molecule has 2 heterocycles. The van der Waals surface area contributed by atoms with Crippen LogP contribution in [0.3, 0.4) is 0 Å². The third-order valence-corrected chi connectivity index (χ3v) is 8.23. The van der Waals surface area contributed by atoms with Crippen molar-refractivity contribution < 1.29 is 76.8 Å². The van der Waals surface area contributed by atoms with Crippen molar-refractivity contribution in [2.45, 2.75) is 164 Å². The lowest BCUT2D eigenvalue weighted by molar-refractivity contribution is -0.334. The molecule has 2 aliphatic heterocycles. The topological polar surface area (TPSA) is 201 Å². The highest BCUT2D eigenvalue weighted by molar-refractivity contribution is 5.78. The summed E-state index contributed by atoms with van der Waals surface area (Å²) in [5.74, 6) is -4.13. The summed E-state index contributed by atoms with van der Waals surface area (Å²) < 4.78 is 59.7. The fourth-order valence-corrected chi connectivity index (χ4v) is 5.09. The summed E-state index contributed by atoms with van der Waals surface area (Å²) >= 11 is 0. The van der Waals surface area contributed by atoms with Crippen LogP contribution in [0.5, 0.6) is 0 Å². The van der Waals surface area contributed by atoms with Crippen molar-refractivity contribution in [3.8, 4) is 0 Å². The fraction of sp³-hybridized carbons (Fsp3) is 0.892. The van der Waals surface area contributed by atoms with Gasteiger partial charge in [0.2, 0.25) is 0 Å². The molecule has 0 spiro atoms. The molecule has 53 heavy (non-hydrogen) atoms. The van der Waals surface area contributed by atoms with Crippen LogP contribution in [0.1, 0.15) is 96.9 Å². The van der Waals surface area contributed by atoms with Gasteiger partial charge in [0.15, 0.2) is 36.7 Å². The van der Waals surface area contributed by atoms with E-state index in [0.717, 1.165) is 0 Å². The van der Waals surface area contributed by atoms with Gasteiger partial charge < -0.3 is 57.6 Å². The minimum Gasteiger partial charge on any atom is -0.462 e. The van der Waals surface area contributed by atoms with Gasteiger partial charge in [0.05, 0.1) is 28.3 Å². The van der Waals surface area contributed by atoms with Gasteiger partial charge in [-0.3, -0.25) is 19.2 Å². The average molecular weight is 765 g/mol. The van der Waals surface area contributed by atoms with E-state index >= 15 is 0 Å². The number of esters is 4. The Morgan fingerprint density at radius 3 is 1.49 bits per heavy atom. The van der Waals surface area contributed by atoms with Crippen molar-refractivity contribution in [2.75, 3.05) is 27.4 Å². The Morgan fingerprint density at radius 1 is 0.660 bits per heavy atom. The zero-order valence-corrected chi connectivity index (χ0v) is 34.3. The van der Waals surface area contributed by atoms with Gasteiger partial charge in [-0.1, -0.05) is 0 Å². The first kappa shape index (κ1) is 46.7. The quantitative estimate of drug-likeness (QED) is 0.157. The summed E-state index contributed by atoms with van der Waals surface area (Å²) in [4.78, 5) is 53.7. The number of aliphatic hydroxyl groups is 2. The largest absolute Gasteiger partial charge is 0.462 e. The van der Waals surface area contributed by atoms with Gasteiger partial charge in [-0.05, 0) is 96.9 Å². The molecule has 0 unspecified atom stereocenters. The molecular weight excluding hydrogens is 700 g/mol. The van der Waals surface area contributed by atoms with Crippen molar-refractivity contribution in [3.05, 3.63) is 0 Å². The number of carbonyl (C=O) groups excluding carboxylic acids is 4.